The lowest BCUT2D eigenvalue weighted by atomic mass is 9.75. The fraction of sp³-hybridized carbons (Fsp3) is 0.533. The normalized spacial score (nSPS) is 17.2. The quantitative estimate of drug-likeness (QED) is 0.925. The lowest BCUT2D eigenvalue weighted by Gasteiger charge is -2.47. The molecule has 21 heavy (non-hydrogen) atoms. The van der Waals surface area contributed by atoms with Crippen LogP contribution < -0.4 is 5.32 Å². The van der Waals surface area contributed by atoms with Crippen LogP contribution in [0, 0.1) is 11.3 Å². The van der Waals surface area contributed by atoms with E-state index in [4.69, 9.17) is 5.26 Å². The number of nitrogens with one attached hydrogen (secondary N) is 1. The molecular weight excluding hydrogens is 279 g/mol. The SMILES string of the molecule is CN(C)C1(CNc2ccc(C#N)c(C(F)(F)F)c2)CCC1. The molecule has 0 bridgehead atoms. The van der Waals surface area contributed by atoms with E-state index in [9.17, 15) is 13.2 Å². The van der Waals surface area contributed by atoms with Gasteiger partial charge in [-0.1, -0.05) is 0 Å². The van der Waals surface area contributed by atoms with Crippen LogP contribution >= 0.6 is 0 Å². The molecule has 1 aliphatic carbocycles. The standard InChI is InChI=1S/C15H18F3N3/c1-21(2)14(6-3-7-14)10-20-12-5-4-11(9-19)13(8-12)15(16,17)18/h4-5,8,20H,3,6-7,10H2,1-2H3. The van der Waals surface area contributed by atoms with Crippen molar-refractivity contribution in [1.82, 2.24) is 4.90 Å². The van der Waals surface area contributed by atoms with Crippen molar-refractivity contribution in [2.75, 3.05) is 26.0 Å². The molecule has 0 atom stereocenters. The van der Waals surface area contributed by atoms with Crippen LogP contribution in [-0.2, 0) is 6.18 Å². The summed E-state index contributed by atoms with van der Waals surface area (Å²) in [4.78, 5) is 2.12. The molecule has 0 spiro atoms. The third kappa shape index (κ3) is 3.13. The van der Waals surface area contributed by atoms with E-state index in [1.165, 1.54) is 12.1 Å². The van der Waals surface area contributed by atoms with Crippen molar-refractivity contribution in [2.24, 2.45) is 0 Å². The molecule has 0 aromatic heterocycles. The van der Waals surface area contributed by atoms with Crippen molar-refractivity contribution < 1.29 is 13.2 Å². The Labute approximate surface area is 122 Å². The number of alkyl halides is 3. The molecule has 0 radical (unpaired) electrons. The number of likely N-dealkylation sites (N-methyl/N-ethyl adjacent to an activating group) is 1. The molecule has 3 nitrogen and oxygen atoms in total. The van der Waals surface area contributed by atoms with Crippen LogP contribution in [0.25, 0.3) is 0 Å². The summed E-state index contributed by atoms with van der Waals surface area (Å²) in [6.45, 7) is 0.600. The van der Waals surface area contributed by atoms with Gasteiger partial charge in [0.1, 0.15) is 0 Å². The van der Waals surface area contributed by atoms with E-state index >= 15 is 0 Å². The van der Waals surface area contributed by atoms with Gasteiger partial charge in [0.15, 0.2) is 0 Å². The predicted molar refractivity (Wildman–Crippen MR) is 74.9 cm³/mol. The van der Waals surface area contributed by atoms with Crippen LogP contribution in [-0.4, -0.2) is 31.1 Å². The highest BCUT2D eigenvalue weighted by Crippen LogP contribution is 2.37. The summed E-state index contributed by atoms with van der Waals surface area (Å²) in [5.41, 5.74) is -0.817. The minimum Gasteiger partial charge on any atom is -0.383 e. The molecule has 1 aromatic carbocycles. The summed E-state index contributed by atoms with van der Waals surface area (Å²) in [6, 6.07) is 5.34. The van der Waals surface area contributed by atoms with Crippen molar-refractivity contribution in [3.63, 3.8) is 0 Å². The summed E-state index contributed by atoms with van der Waals surface area (Å²) in [5.74, 6) is 0. The molecule has 1 saturated carbocycles. The van der Waals surface area contributed by atoms with Crippen LogP contribution in [0.5, 0.6) is 0 Å². The van der Waals surface area contributed by atoms with Gasteiger partial charge in [-0.3, -0.25) is 0 Å². The van der Waals surface area contributed by atoms with Crippen LogP contribution in [0.15, 0.2) is 18.2 Å². The molecular formula is C15H18F3N3. The number of hydrogen-bond acceptors (Lipinski definition) is 3. The lowest BCUT2D eigenvalue weighted by Crippen LogP contribution is -2.54. The smallest absolute Gasteiger partial charge is 0.383 e. The molecule has 1 aromatic rings. The highest BCUT2D eigenvalue weighted by atomic mass is 19.4. The summed E-state index contributed by atoms with van der Waals surface area (Å²) in [6.07, 6.45) is -1.30. The predicted octanol–water partition coefficient (Wildman–Crippen LogP) is 3.47. The largest absolute Gasteiger partial charge is 0.417 e. The van der Waals surface area contributed by atoms with E-state index in [1.54, 1.807) is 6.07 Å². The van der Waals surface area contributed by atoms with Gasteiger partial charge in [-0.2, -0.15) is 18.4 Å². The second-order valence-corrected chi connectivity index (χ2v) is 5.70. The van der Waals surface area contributed by atoms with Gasteiger partial charge in [0.05, 0.1) is 17.2 Å². The van der Waals surface area contributed by atoms with Crippen LogP contribution in [0.3, 0.4) is 0 Å². The maximum absolute atomic E-state index is 12.9. The Bertz CT molecular complexity index is 554. The first kappa shape index (κ1) is 15.6. The highest BCUT2D eigenvalue weighted by molar-refractivity contribution is 5.53. The fourth-order valence-corrected chi connectivity index (χ4v) is 2.62. The number of hydrogen-bond donors (Lipinski definition) is 1. The highest BCUT2D eigenvalue weighted by Gasteiger charge is 2.39. The van der Waals surface area contributed by atoms with Gasteiger partial charge in [0.2, 0.25) is 0 Å². The maximum atomic E-state index is 12.9. The van der Waals surface area contributed by atoms with E-state index in [1.807, 2.05) is 14.1 Å². The second-order valence-electron chi connectivity index (χ2n) is 5.70. The number of nitrogens with zero attached hydrogens (tertiary/aromatic N) is 2. The van der Waals surface area contributed by atoms with E-state index in [0.29, 0.717) is 12.2 Å². The minimum absolute atomic E-state index is 0.0201. The van der Waals surface area contributed by atoms with Gasteiger partial charge >= 0.3 is 6.18 Å². The fourth-order valence-electron chi connectivity index (χ4n) is 2.62. The van der Waals surface area contributed by atoms with Gasteiger partial charge in [-0.15, -0.1) is 0 Å². The Morgan fingerprint density at radius 1 is 1.33 bits per heavy atom. The van der Waals surface area contributed by atoms with Gasteiger partial charge < -0.3 is 10.2 Å². The molecule has 0 saturated heterocycles. The summed E-state index contributed by atoms with van der Waals surface area (Å²) < 4.78 is 38.7. The van der Waals surface area contributed by atoms with E-state index in [2.05, 4.69) is 10.2 Å². The Kier molecular flexibility index (Phi) is 4.15. The zero-order chi connectivity index (χ0) is 15.7. The average molecular weight is 297 g/mol. The zero-order valence-electron chi connectivity index (χ0n) is 12.1. The Morgan fingerprint density at radius 3 is 2.43 bits per heavy atom. The molecule has 0 unspecified atom stereocenters. The minimum atomic E-state index is -4.52. The summed E-state index contributed by atoms with van der Waals surface area (Å²) in [5, 5.41) is 11.9. The first-order valence-electron chi connectivity index (χ1n) is 6.81. The van der Waals surface area contributed by atoms with Gasteiger partial charge in [-0.25, -0.2) is 0 Å². The first-order valence-corrected chi connectivity index (χ1v) is 6.81. The molecule has 6 heteroatoms. The molecule has 1 N–H and O–H groups in total. The number of halogens is 3. The number of anilines is 1. The van der Waals surface area contributed by atoms with Crippen molar-refractivity contribution in [3.8, 4) is 6.07 Å². The number of nitriles is 1. The van der Waals surface area contributed by atoms with E-state index in [0.717, 1.165) is 25.3 Å². The Hall–Kier alpha value is -1.74. The van der Waals surface area contributed by atoms with Gasteiger partial charge in [0.25, 0.3) is 0 Å². The molecule has 1 fully saturated rings. The lowest BCUT2D eigenvalue weighted by molar-refractivity contribution is -0.137. The Balaban J connectivity index is 2.17. The monoisotopic (exact) mass is 297 g/mol. The third-order valence-corrected chi connectivity index (χ3v) is 4.30. The zero-order valence-corrected chi connectivity index (χ0v) is 12.1. The van der Waals surface area contributed by atoms with Crippen LogP contribution in [0.4, 0.5) is 18.9 Å². The summed E-state index contributed by atoms with van der Waals surface area (Å²) in [7, 11) is 3.97. The van der Waals surface area contributed by atoms with Crippen molar-refractivity contribution in [3.05, 3.63) is 29.3 Å². The molecule has 0 heterocycles. The second kappa shape index (κ2) is 5.57. The topological polar surface area (TPSA) is 39.1 Å². The first-order chi connectivity index (χ1) is 9.78. The van der Waals surface area contributed by atoms with E-state index in [-0.39, 0.29) is 11.1 Å². The average Bonchev–Trinajstić information content (AvgIpc) is 2.35. The molecule has 114 valence electrons. The molecule has 2 rings (SSSR count). The Morgan fingerprint density at radius 2 is 2.00 bits per heavy atom. The van der Waals surface area contributed by atoms with Crippen molar-refractivity contribution in [1.29, 1.82) is 5.26 Å². The molecule has 1 aliphatic rings. The number of benzene rings is 1. The van der Waals surface area contributed by atoms with Crippen molar-refractivity contribution >= 4 is 5.69 Å². The maximum Gasteiger partial charge on any atom is 0.417 e. The van der Waals surface area contributed by atoms with Gasteiger partial charge in [0, 0.05) is 17.8 Å². The third-order valence-electron chi connectivity index (χ3n) is 4.30. The number of rotatable bonds is 4. The van der Waals surface area contributed by atoms with Crippen molar-refractivity contribution in [2.45, 2.75) is 31.0 Å². The van der Waals surface area contributed by atoms with Gasteiger partial charge in [-0.05, 0) is 51.6 Å². The molecule has 0 amide bonds. The summed E-state index contributed by atoms with van der Waals surface area (Å²) >= 11 is 0. The van der Waals surface area contributed by atoms with E-state index < -0.39 is 11.7 Å². The van der Waals surface area contributed by atoms with Crippen LogP contribution in [0.2, 0.25) is 0 Å². The molecule has 0 aliphatic heterocycles. The van der Waals surface area contributed by atoms with Crippen LogP contribution in [0.1, 0.15) is 30.4 Å².